The highest BCUT2D eigenvalue weighted by Crippen LogP contribution is 2.36. The van der Waals surface area contributed by atoms with Crippen LogP contribution >= 0.6 is 0 Å². The number of aromatic nitrogens is 1. The largest absolute Gasteiger partial charge is 0.503 e. The van der Waals surface area contributed by atoms with Crippen LogP contribution in [0.2, 0.25) is 0 Å². The van der Waals surface area contributed by atoms with Crippen LogP contribution in [-0.4, -0.2) is 14.9 Å². The van der Waals surface area contributed by atoms with Gasteiger partial charge in [-0.25, -0.2) is 0 Å². The molecule has 0 aliphatic heterocycles. The van der Waals surface area contributed by atoms with Crippen LogP contribution in [-0.2, 0) is 0 Å². The number of hydrogen-bond acceptors (Lipinski definition) is 4. The smallest absolute Gasteiger partial charge is 0.258 e. The van der Waals surface area contributed by atoms with Gasteiger partial charge in [0.25, 0.3) is 5.88 Å². The van der Waals surface area contributed by atoms with Crippen molar-refractivity contribution in [1.82, 2.24) is 4.68 Å². The molecule has 66 valence electrons. The fraction of sp³-hybridized carbons (Fsp3) is 0. The second kappa shape index (κ2) is 2.48. The summed E-state index contributed by atoms with van der Waals surface area (Å²) in [5.74, 6) is -0.650. The molecule has 0 aliphatic carbocycles. The van der Waals surface area contributed by atoms with Crippen molar-refractivity contribution in [2.75, 3.05) is 0 Å². The Morgan fingerprint density at radius 3 is 2.62 bits per heavy atom. The SMILES string of the molecule is N=Nn1c(O)c(O)c2ccccc21. The molecule has 0 radical (unpaired) electrons. The molecule has 2 aromatic rings. The van der Waals surface area contributed by atoms with E-state index in [0.717, 1.165) is 4.68 Å². The Kier molecular flexibility index (Phi) is 1.45. The molecule has 3 N–H and O–H groups in total. The molecule has 0 unspecified atom stereocenters. The lowest BCUT2D eigenvalue weighted by atomic mass is 10.2. The summed E-state index contributed by atoms with van der Waals surface area (Å²) in [6, 6.07) is 6.78. The Balaban J connectivity index is 2.98. The molecule has 5 heteroatoms. The third-order valence-electron chi connectivity index (χ3n) is 1.90. The molecule has 1 heterocycles. The van der Waals surface area contributed by atoms with Crippen LogP contribution in [0, 0.1) is 5.53 Å². The highest BCUT2D eigenvalue weighted by molar-refractivity contribution is 5.89. The van der Waals surface area contributed by atoms with Gasteiger partial charge in [-0.2, -0.15) is 10.2 Å². The minimum absolute atomic E-state index is 0.244. The Bertz CT molecular complexity index is 475. The van der Waals surface area contributed by atoms with Gasteiger partial charge >= 0.3 is 0 Å². The predicted octanol–water partition coefficient (Wildman–Crippen LogP) is 1.85. The quantitative estimate of drug-likeness (QED) is 0.581. The van der Waals surface area contributed by atoms with E-state index in [9.17, 15) is 10.2 Å². The van der Waals surface area contributed by atoms with Crippen LogP contribution in [0.15, 0.2) is 29.5 Å². The van der Waals surface area contributed by atoms with E-state index >= 15 is 0 Å². The van der Waals surface area contributed by atoms with E-state index in [2.05, 4.69) is 5.22 Å². The van der Waals surface area contributed by atoms with E-state index in [1.54, 1.807) is 24.3 Å². The molecule has 1 aromatic carbocycles. The second-order valence-electron chi connectivity index (χ2n) is 2.60. The highest BCUT2D eigenvalue weighted by atomic mass is 16.3. The summed E-state index contributed by atoms with van der Waals surface area (Å²) in [6.07, 6.45) is 0. The van der Waals surface area contributed by atoms with Crippen LogP contribution in [0.1, 0.15) is 0 Å². The fourth-order valence-corrected chi connectivity index (χ4v) is 1.29. The summed E-state index contributed by atoms with van der Waals surface area (Å²) in [5.41, 5.74) is 7.30. The number of rotatable bonds is 1. The van der Waals surface area contributed by atoms with Crippen molar-refractivity contribution in [3.05, 3.63) is 24.3 Å². The first-order chi connectivity index (χ1) is 6.25. The van der Waals surface area contributed by atoms with Crippen molar-refractivity contribution in [2.24, 2.45) is 5.22 Å². The van der Waals surface area contributed by atoms with Crippen LogP contribution in [0.25, 0.3) is 10.9 Å². The van der Waals surface area contributed by atoms with Crippen LogP contribution in [0.4, 0.5) is 0 Å². The maximum Gasteiger partial charge on any atom is 0.258 e. The molecule has 13 heavy (non-hydrogen) atoms. The Morgan fingerprint density at radius 2 is 1.92 bits per heavy atom. The molecule has 0 bridgehead atoms. The van der Waals surface area contributed by atoms with E-state index < -0.39 is 5.88 Å². The molecule has 0 spiro atoms. The van der Waals surface area contributed by atoms with Crippen LogP contribution in [0.5, 0.6) is 11.6 Å². The molecular weight excluding hydrogens is 170 g/mol. The van der Waals surface area contributed by atoms with Gasteiger partial charge < -0.3 is 10.2 Å². The third-order valence-corrected chi connectivity index (χ3v) is 1.90. The lowest BCUT2D eigenvalue weighted by molar-refractivity contribution is 0.378. The second-order valence-corrected chi connectivity index (χ2v) is 2.60. The van der Waals surface area contributed by atoms with Gasteiger partial charge in [0, 0.05) is 5.39 Å². The van der Waals surface area contributed by atoms with Gasteiger partial charge in [-0.1, -0.05) is 17.4 Å². The fourth-order valence-electron chi connectivity index (χ4n) is 1.29. The minimum Gasteiger partial charge on any atom is -0.503 e. The molecule has 0 amide bonds. The summed E-state index contributed by atoms with van der Waals surface area (Å²) in [6.45, 7) is 0. The zero-order chi connectivity index (χ0) is 9.42. The van der Waals surface area contributed by atoms with Crippen molar-refractivity contribution in [1.29, 1.82) is 5.53 Å². The zero-order valence-electron chi connectivity index (χ0n) is 6.60. The summed E-state index contributed by atoms with van der Waals surface area (Å²) in [5, 5.41) is 22.3. The van der Waals surface area contributed by atoms with E-state index in [1.807, 2.05) is 0 Å². The normalized spacial score (nSPS) is 10.5. The summed E-state index contributed by atoms with van der Waals surface area (Å²) < 4.78 is 0.963. The standard InChI is InChI=1S/C8H7N3O2/c9-10-11-6-4-2-1-3-5(6)7(12)8(11)13/h1-4,9,12-13H. The van der Waals surface area contributed by atoms with E-state index in [1.165, 1.54) is 0 Å². The predicted molar refractivity (Wildman–Crippen MR) is 45.8 cm³/mol. The minimum atomic E-state index is -0.406. The molecule has 2 rings (SSSR count). The topological polar surface area (TPSA) is 81.6 Å². The van der Waals surface area contributed by atoms with Gasteiger partial charge in [0.05, 0.1) is 5.52 Å². The first kappa shape index (κ1) is 7.60. The number of nitrogens with zero attached hydrogens (tertiary/aromatic N) is 2. The van der Waals surface area contributed by atoms with Gasteiger partial charge in [0.1, 0.15) is 0 Å². The lowest BCUT2D eigenvalue weighted by Gasteiger charge is -1.93. The zero-order valence-corrected chi connectivity index (χ0v) is 6.60. The van der Waals surface area contributed by atoms with Crippen molar-refractivity contribution in [3.8, 4) is 11.6 Å². The number of aromatic hydroxyl groups is 2. The maximum atomic E-state index is 9.40. The van der Waals surface area contributed by atoms with Gasteiger partial charge in [-0.05, 0) is 12.1 Å². The molecular formula is C8H7N3O2. The van der Waals surface area contributed by atoms with Crippen LogP contribution in [0.3, 0.4) is 0 Å². The number of nitrogens with one attached hydrogen (secondary N) is 1. The van der Waals surface area contributed by atoms with Gasteiger partial charge in [0.15, 0.2) is 5.75 Å². The van der Waals surface area contributed by atoms with Crippen molar-refractivity contribution < 1.29 is 10.2 Å². The molecule has 1 aromatic heterocycles. The average molecular weight is 177 g/mol. The Hall–Kier alpha value is -2.04. The Morgan fingerprint density at radius 1 is 1.23 bits per heavy atom. The number of fused-ring (bicyclic) bond motifs is 1. The molecule has 5 nitrogen and oxygen atoms in total. The number of hydrogen-bond donors (Lipinski definition) is 3. The number of para-hydroxylation sites is 1. The van der Waals surface area contributed by atoms with Crippen molar-refractivity contribution in [2.45, 2.75) is 0 Å². The molecule has 0 fully saturated rings. The number of benzene rings is 1. The molecule has 0 saturated carbocycles. The van der Waals surface area contributed by atoms with E-state index in [0.29, 0.717) is 10.9 Å². The molecule has 0 atom stereocenters. The van der Waals surface area contributed by atoms with Gasteiger partial charge in [-0.3, -0.25) is 0 Å². The highest BCUT2D eigenvalue weighted by Gasteiger charge is 2.14. The van der Waals surface area contributed by atoms with Gasteiger partial charge in [-0.15, -0.1) is 0 Å². The van der Waals surface area contributed by atoms with Crippen molar-refractivity contribution in [3.63, 3.8) is 0 Å². The summed E-state index contributed by atoms with van der Waals surface area (Å²) in [4.78, 5) is 0. The third kappa shape index (κ3) is 0.868. The van der Waals surface area contributed by atoms with E-state index in [-0.39, 0.29) is 5.75 Å². The molecule has 0 saturated heterocycles. The lowest BCUT2D eigenvalue weighted by Crippen LogP contribution is -1.83. The Labute approximate surface area is 73.3 Å². The molecule has 0 aliphatic rings. The maximum absolute atomic E-state index is 9.40. The monoisotopic (exact) mass is 177 g/mol. The average Bonchev–Trinajstić information content (AvgIpc) is 2.41. The van der Waals surface area contributed by atoms with E-state index in [4.69, 9.17) is 5.53 Å². The first-order valence-corrected chi connectivity index (χ1v) is 3.65. The first-order valence-electron chi connectivity index (χ1n) is 3.65. The van der Waals surface area contributed by atoms with Crippen molar-refractivity contribution >= 4 is 10.9 Å². The summed E-state index contributed by atoms with van der Waals surface area (Å²) >= 11 is 0. The van der Waals surface area contributed by atoms with Crippen LogP contribution < -0.4 is 0 Å². The van der Waals surface area contributed by atoms with Gasteiger partial charge in [0.2, 0.25) is 0 Å². The summed E-state index contributed by atoms with van der Waals surface area (Å²) in [7, 11) is 0.